The molecule has 3 heterocycles. The Hall–Kier alpha value is -1.40. The molecule has 0 saturated carbocycles. The van der Waals surface area contributed by atoms with Gasteiger partial charge in [-0.3, -0.25) is 10.1 Å². The summed E-state index contributed by atoms with van der Waals surface area (Å²) in [4.78, 5) is 21.9. The predicted molar refractivity (Wildman–Crippen MR) is 74.1 cm³/mol. The second kappa shape index (κ2) is 5.93. The number of nitrogens with zero attached hydrogens (tertiary/aromatic N) is 2. The van der Waals surface area contributed by atoms with Crippen molar-refractivity contribution in [2.75, 3.05) is 19.7 Å². The maximum absolute atomic E-state index is 12.6. The van der Waals surface area contributed by atoms with Crippen LogP contribution in [0.15, 0.2) is 6.33 Å². The Morgan fingerprint density at radius 1 is 1.60 bits per heavy atom. The number of rotatable bonds is 3. The van der Waals surface area contributed by atoms with Crippen LogP contribution in [0.5, 0.6) is 0 Å². The first-order valence-corrected chi connectivity index (χ1v) is 7.42. The van der Waals surface area contributed by atoms with E-state index in [1.54, 1.807) is 6.33 Å². The molecule has 0 bridgehead atoms. The van der Waals surface area contributed by atoms with Gasteiger partial charge >= 0.3 is 0 Å². The lowest BCUT2D eigenvalue weighted by Crippen LogP contribution is -2.53. The second-order valence-electron chi connectivity index (χ2n) is 5.47. The molecule has 0 radical (unpaired) electrons. The summed E-state index contributed by atoms with van der Waals surface area (Å²) in [5.74, 6) is 0.183. The van der Waals surface area contributed by atoms with Crippen LogP contribution in [0.25, 0.3) is 0 Å². The molecular formula is C14H22N4O2. The van der Waals surface area contributed by atoms with E-state index in [1.807, 2.05) is 11.8 Å². The number of nitrogens with one attached hydrogen (secondary N) is 2. The third-order valence-corrected chi connectivity index (χ3v) is 4.12. The lowest BCUT2D eigenvalue weighted by Gasteiger charge is -2.35. The maximum atomic E-state index is 12.6. The Balaban J connectivity index is 1.61. The molecule has 0 aliphatic carbocycles. The third-order valence-electron chi connectivity index (χ3n) is 4.12. The van der Waals surface area contributed by atoms with E-state index in [9.17, 15) is 4.79 Å². The van der Waals surface area contributed by atoms with Gasteiger partial charge in [0, 0.05) is 32.7 Å². The molecule has 6 nitrogen and oxygen atoms in total. The summed E-state index contributed by atoms with van der Waals surface area (Å²) in [6, 6.07) is -0.147. The number of fused-ring (bicyclic) bond motifs is 1. The van der Waals surface area contributed by atoms with E-state index >= 15 is 0 Å². The molecule has 20 heavy (non-hydrogen) atoms. The highest BCUT2D eigenvalue weighted by atomic mass is 16.5. The normalized spacial score (nSPS) is 26.4. The van der Waals surface area contributed by atoms with Crippen molar-refractivity contribution in [3.8, 4) is 0 Å². The molecule has 2 unspecified atom stereocenters. The molecule has 1 aromatic rings. The molecule has 0 spiro atoms. The molecule has 2 aliphatic heterocycles. The first kappa shape index (κ1) is 13.6. The van der Waals surface area contributed by atoms with E-state index < -0.39 is 0 Å². The second-order valence-corrected chi connectivity index (χ2v) is 5.47. The van der Waals surface area contributed by atoms with Crippen molar-refractivity contribution >= 4 is 5.91 Å². The molecular weight excluding hydrogens is 256 g/mol. The van der Waals surface area contributed by atoms with Crippen molar-refractivity contribution in [2.45, 2.75) is 44.9 Å². The average Bonchev–Trinajstić information content (AvgIpc) is 2.94. The van der Waals surface area contributed by atoms with Crippen molar-refractivity contribution in [3.63, 3.8) is 0 Å². The number of aromatic amines is 1. The number of H-pyrrole nitrogens is 1. The van der Waals surface area contributed by atoms with Gasteiger partial charge in [0.15, 0.2) is 0 Å². The fraction of sp³-hybridized carbons (Fsp3) is 0.714. The number of carbonyl (C=O) groups is 1. The number of imidazole rings is 1. The van der Waals surface area contributed by atoms with Crippen LogP contribution in [0.2, 0.25) is 0 Å². The Labute approximate surface area is 118 Å². The largest absolute Gasteiger partial charge is 0.377 e. The van der Waals surface area contributed by atoms with Gasteiger partial charge in [0.2, 0.25) is 5.91 Å². The highest BCUT2D eigenvalue weighted by Crippen LogP contribution is 2.18. The average molecular weight is 278 g/mol. The third kappa shape index (κ3) is 2.71. The Bertz CT molecular complexity index is 471. The van der Waals surface area contributed by atoms with Gasteiger partial charge in [-0.05, 0) is 19.8 Å². The highest BCUT2D eigenvalue weighted by Gasteiger charge is 2.32. The van der Waals surface area contributed by atoms with Crippen LogP contribution in [0, 0.1) is 0 Å². The highest BCUT2D eigenvalue weighted by molar-refractivity contribution is 5.82. The molecule has 1 fully saturated rings. The number of likely N-dealkylation sites (tertiary alicyclic amines) is 1. The van der Waals surface area contributed by atoms with Crippen LogP contribution in [-0.2, 0) is 22.5 Å². The summed E-state index contributed by atoms with van der Waals surface area (Å²) in [7, 11) is 0. The lowest BCUT2D eigenvalue weighted by molar-refractivity contribution is -0.137. The van der Waals surface area contributed by atoms with E-state index in [-0.39, 0.29) is 18.1 Å². The van der Waals surface area contributed by atoms with Crippen LogP contribution >= 0.6 is 0 Å². The first-order valence-electron chi connectivity index (χ1n) is 7.42. The van der Waals surface area contributed by atoms with Crippen LogP contribution in [0.4, 0.5) is 0 Å². The zero-order valence-electron chi connectivity index (χ0n) is 11.9. The fourth-order valence-corrected chi connectivity index (χ4v) is 3.07. The molecule has 110 valence electrons. The van der Waals surface area contributed by atoms with Gasteiger partial charge < -0.3 is 14.6 Å². The SMILES string of the molecule is CCOC1CCCN(C(=O)C2Cc3nc[nH]c3CN2)C1. The molecule has 2 aliphatic rings. The molecule has 1 aromatic heterocycles. The Morgan fingerprint density at radius 2 is 2.50 bits per heavy atom. The van der Waals surface area contributed by atoms with Crippen LogP contribution < -0.4 is 5.32 Å². The van der Waals surface area contributed by atoms with Gasteiger partial charge in [-0.15, -0.1) is 0 Å². The van der Waals surface area contributed by atoms with Gasteiger partial charge in [0.25, 0.3) is 0 Å². The maximum Gasteiger partial charge on any atom is 0.240 e. The number of hydrogen-bond acceptors (Lipinski definition) is 4. The van der Waals surface area contributed by atoms with Crippen LogP contribution in [0.1, 0.15) is 31.2 Å². The van der Waals surface area contributed by atoms with Crippen molar-refractivity contribution in [1.82, 2.24) is 20.2 Å². The summed E-state index contributed by atoms with van der Waals surface area (Å²) in [6.07, 6.45) is 4.65. The Morgan fingerprint density at radius 3 is 3.35 bits per heavy atom. The molecule has 0 aromatic carbocycles. The van der Waals surface area contributed by atoms with E-state index in [1.165, 1.54) is 0 Å². The zero-order valence-corrected chi connectivity index (χ0v) is 11.9. The number of hydrogen-bond donors (Lipinski definition) is 2. The van der Waals surface area contributed by atoms with E-state index in [4.69, 9.17) is 4.74 Å². The van der Waals surface area contributed by atoms with Gasteiger partial charge in [-0.2, -0.15) is 0 Å². The van der Waals surface area contributed by atoms with Crippen LogP contribution in [-0.4, -0.2) is 52.6 Å². The lowest BCUT2D eigenvalue weighted by atomic mass is 10.0. The number of carbonyl (C=O) groups excluding carboxylic acids is 1. The summed E-state index contributed by atoms with van der Waals surface area (Å²) in [5.41, 5.74) is 2.11. The van der Waals surface area contributed by atoms with Crippen molar-refractivity contribution in [3.05, 3.63) is 17.7 Å². The van der Waals surface area contributed by atoms with Crippen molar-refractivity contribution < 1.29 is 9.53 Å². The van der Waals surface area contributed by atoms with E-state index in [2.05, 4.69) is 15.3 Å². The van der Waals surface area contributed by atoms with Crippen molar-refractivity contribution in [2.24, 2.45) is 0 Å². The summed E-state index contributed by atoms with van der Waals surface area (Å²) in [5, 5.41) is 3.30. The smallest absolute Gasteiger partial charge is 0.240 e. The topological polar surface area (TPSA) is 70.2 Å². The minimum absolute atomic E-state index is 0.147. The first-order chi connectivity index (χ1) is 9.78. The van der Waals surface area contributed by atoms with Crippen LogP contribution in [0.3, 0.4) is 0 Å². The zero-order chi connectivity index (χ0) is 13.9. The van der Waals surface area contributed by atoms with E-state index in [0.717, 1.165) is 37.3 Å². The molecule has 6 heteroatoms. The molecule has 1 saturated heterocycles. The quantitative estimate of drug-likeness (QED) is 0.842. The van der Waals surface area contributed by atoms with Gasteiger partial charge in [0.05, 0.1) is 29.9 Å². The van der Waals surface area contributed by atoms with Gasteiger partial charge in [0.1, 0.15) is 0 Å². The summed E-state index contributed by atoms with van der Waals surface area (Å²) < 4.78 is 5.66. The number of amides is 1. The predicted octanol–water partition coefficient (Wildman–Crippen LogP) is 0.452. The number of aromatic nitrogens is 2. The molecule has 3 rings (SSSR count). The summed E-state index contributed by atoms with van der Waals surface area (Å²) >= 11 is 0. The van der Waals surface area contributed by atoms with Gasteiger partial charge in [-0.1, -0.05) is 0 Å². The molecule has 2 atom stereocenters. The monoisotopic (exact) mass is 278 g/mol. The minimum atomic E-state index is -0.147. The Kier molecular flexibility index (Phi) is 4.03. The fourth-order valence-electron chi connectivity index (χ4n) is 3.07. The number of piperidine rings is 1. The standard InChI is InChI=1S/C14H22N4O2/c1-2-20-10-4-3-5-18(8-10)14(19)12-6-11-13(7-15-12)17-9-16-11/h9-10,12,15H,2-8H2,1H3,(H,16,17). The minimum Gasteiger partial charge on any atom is -0.377 e. The van der Waals surface area contributed by atoms with Gasteiger partial charge in [-0.25, -0.2) is 4.98 Å². The van der Waals surface area contributed by atoms with E-state index in [0.29, 0.717) is 19.6 Å². The molecule has 2 N–H and O–H groups in total. The summed E-state index contributed by atoms with van der Waals surface area (Å²) in [6.45, 7) is 4.97. The number of ether oxygens (including phenoxy) is 1. The molecule has 1 amide bonds. The van der Waals surface area contributed by atoms with Crippen molar-refractivity contribution in [1.29, 1.82) is 0 Å².